The summed E-state index contributed by atoms with van der Waals surface area (Å²) in [6, 6.07) is 21.4. The van der Waals surface area contributed by atoms with Gasteiger partial charge in [0.05, 0.1) is 0 Å². The normalized spacial score (nSPS) is 12.5. The van der Waals surface area contributed by atoms with Gasteiger partial charge in [-0.2, -0.15) is 0 Å². The lowest BCUT2D eigenvalue weighted by molar-refractivity contribution is 0.285. The van der Waals surface area contributed by atoms with Crippen LogP contribution in [0.2, 0.25) is 0 Å². The Balaban J connectivity index is 2.30. The van der Waals surface area contributed by atoms with Crippen molar-refractivity contribution in [1.29, 1.82) is 0 Å². The fourth-order valence-corrected chi connectivity index (χ4v) is 4.26. The number of nitrogens with two attached hydrogens (primary N) is 1. The Morgan fingerprint density at radius 2 is 1.40 bits per heavy atom. The molecule has 0 aliphatic rings. The van der Waals surface area contributed by atoms with Gasteiger partial charge in [0.2, 0.25) is 0 Å². The third-order valence-corrected chi connectivity index (χ3v) is 4.85. The van der Waals surface area contributed by atoms with E-state index in [1.54, 1.807) is 0 Å². The number of anilines is 1. The van der Waals surface area contributed by atoms with Gasteiger partial charge in [-0.15, -0.1) is 0 Å². The average molecular weight is 332 g/mol. The Bertz CT molecular complexity index is 883. The molecule has 0 heterocycles. The van der Waals surface area contributed by atoms with Gasteiger partial charge in [-0.1, -0.05) is 89.2 Å². The fourth-order valence-electron chi connectivity index (χ4n) is 4.26. The van der Waals surface area contributed by atoms with Crippen molar-refractivity contribution >= 4 is 16.5 Å². The van der Waals surface area contributed by atoms with Gasteiger partial charge in [0, 0.05) is 11.3 Å². The van der Waals surface area contributed by atoms with Crippen molar-refractivity contribution in [3.05, 3.63) is 66.2 Å². The Labute approximate surface area is 151 Å². The minimum Gasteiger partial charge on any atom is -0.398 e. The summed E-state index contributed by atoms with van der Waals surface area (Å²) >= 11 is 0. The molecular weight excluding hydrogens is 302 g/mol. The Morgan fingerprint density at radius 3 is 2.04 bits per heavy atom. The van der Waals surface area contributed by atoms with Crippen molar-refractivity contribution in [3.63, 3.8) is 0 Å². The molecule has 0 aliphatic carbocycles. The SMILES string of the molecule is CC(C)(C)CC(C)(C)c1cc2ccccc2c(-c2ccccc2)c1N. The van der Waals surface area contributed by atoms with Crippen LogP contribution in [0.1, 0.15) is 46.6 Å². The van der Waals surface area contributed by atoms with Crippen LogP contribution in [-0.2, 0) is 5.41 Å². The van der Waals surface area contributed by atoms with Crippen LogP contribution in [0.25, 0.3) is 21.9 Å². The zero-order valence-corrected chi connectivity index (χ0v) is 16.1. The summed E-state index contributed by atoms with van der Waals surface area (Å²) in [5.74, 6) is 0. The average Bonchev–Trinajstić information content (AvgIpc) is 2.52. The lowest BCUT2D eigenvalue weighted by Gasteiger charge is -2.34. The Kier molecular flexibility index (Phi) is 4.36. The first-order valence-electron chi connectivity index (χ1n) is 9.06. The molecular formula is C24H29N. The first kappa shape index (κ1) is 17.5. The summed E-state index contributed by atoms with van der Waals surface area (Å²) in [5, 5.41) is 2.48. The van der Waals surface area contributed by atoms with Crippen molar-refractivity contribution in [2.75, 3.05) is 5.73 Å². The van der Waals surface area contributed by atoms with E-state index in [1.165, 1.54) is 21.9 Å². The molecule has 3 rings (SSSR count). The van der Waals surface area contributed by atoms with Crippen molar-refractivity contribution < 1.29 is 0 Å². The molecule has 3 aromatic rings. The molecule has 0 bridgehead atoms. The zero-order chi connectivity index (χ0) is 18.2. The summed E-state index contributed by atoms with van der Waals surface area (Å²) in [5.41, 5.74) is 11.6. The summed E-state index contributed by atoms with van der Waals surface area (Å²) in [6.07, 6.45) is 1.08. The Hall–Kier alpha value is -2.28. The number of nitrogen functional groups attached to an aromatic ring is 1. The Morgan fingerprint density at radius 1 is 0.800 bits per heavy atom. The van der Waals surface area contributed by atoms with Crippen LogP contribution in [0.15, 0.2) is 60.7 Å². The quantitative estimate of drug-likeness (QED) is 0.524. The lowest BCUT2D eigenvalue weighted by atomic mass is 9.70. The van der Waals surface area contributed by atoms with Crippen LogP contribution >= 0.6 is 0 Å². The standard InChI is InChI=1S/C24H29N/c1-23(2,3)16-24(4,5)20-15-18-13-9-10-14-19(18)21(22(20)25)17-11-7-6-8-12-17/h6-15H,16,25H2,1-5H3. The highest BCUT2D eigenvalue weighted by atomic mass is 14.6. The van der Waals surface area contributed by atoms with Gasteiger partial charge >= 0.3 is 0 Å². The number of benzene rings is 3. The molecule has 2 N–H and O–H groups in total. The van der Waals surface area contributed by atoms with Gasteiger partial charge in [-0.25, -0.2) is 0 Å². The maximum absolute atomic E-state index is 6.79. The van der Waals surface area contributed by atoms with Crippen LogP contribution in [0, 0.1) is 5.41 Å². The predicted octanol–water partition coefficient (Wildman–Crippen LogP) is 6.80. The zero-order valence-electron chi connectivity index (χ0n) is 16.1. The van der Waals surface area contributed by atoms with Crippen molar-refractivity contribution in [1.82, 2.24) is 0 Å². The molecule has 0 atom stereocenters. The monoisotopic (exact) mass is 331 g/mol. The number of hydrogen-bond acceptors (Lipinski definition) is 1. The molecule has 0 unspecified atom stereocenters. The molecule has 25 heavy (non-hydrogen) atoms. The van der Waals surface area contributed by atoms with Crippen molar-refractivity contribution in [3.8, 4) is 11.1 Å². The van der Waals surface area contributed by atoms with Crippen LogP contribution in [0.4, 0.5) is 5.69 Å². The number of fused-ring (bicyclic) bond motifs is 1. The molecule has 130 valence electrons. The molecule has 0 radical (unpaired) electrons. The second-order valence-electron chi connectivity index (χ2n) is 8.92. The highest BCUT2D eigenvalue weighted by Crippen LogP contribution is 2.44. The van der Waals surface area contributed by atoms with Gasteiger partial charge in [-0.3, -0.25) is 0 Å². The molecule has 0 saturated carbocycles. The second kappa shape index (κ2) is 6.22. The lowest BCUT2D eigenvalue weighted by Crippen LogP contribution is -2.26. The first-order valence-corrected chi connectivity index (χ1v) is 9.06. The van der Waals surface area contributed by atoms with E-state index in [0.717, 1.165) is 17.7 Å². The maximum Gasteiger partial charge on any atom is 0.0438 e. The topological polar surface area (TPSA) is 26.0 Å². The van der Waals surface area contributed by atoms with Gasteiger partial charge in [0.15, 0.2) is 0 Å². The van der Waals surface area contributed by atoms with E-state index in [1.807, 2.05) is 0 Å². The smallest absolute Gasteiger partial charge is 0.0438 e. The molecule has 0 fully saturated rings. The van der Waals surface area contributed by atoms with E-state index in [2.05, 4.69) is 95.3 Å². The second-order valence-corrected chi connectivity index (χ2v) is 8.92. The number of hydrogen-bond donors (Lipinski definition) is 1. The molecule has 3 aromatic carbocycles. The highest BCUT2D eigenvalue weighted by Gasteiger charge is 2.30. The molecule has 0 amide bonds. The first-order chi connectivity index (χ1) is 11.7. The van der Waals surface area contributed by atoms with Gasteiger partial charge in [0.1, 0.15) is 0 Å². The summed E-state index contributed by atoms with van der Waals surface area (Å²) < 4.78 is 0. The molecule has 1 heteroatoms. The summed E-state index contributed by atoms with van der Waals surface area (Å²) in [4.78, 5) is 0. The largest absolute Gasteiger partial charge is 0.398 e. The third-order valence-electron chi connectivity index (χ3n) is 4.85. The summed E-state index contributed by atoms with van der Waals surface area (Å²) in [6.45, 7) is 11.5. The van der Waals surface area contributed by atoms with Crippen LogP contribution < -0.4 is 5.73 Å². The van der Waals surface area contributed by atoms with E-state index in [0.29, 0.717) is 0 Å². The van der Waals surface area contributed by atoms with Gasteiger partial charge in [0.25, 0.3) is 0 Å². The van der Waals surface area contributed by atoms with E-state index in [9.17, 15) is 0 Å². The molecule has 0 aliphatic heterocycles. The van der Waals surface area contributed by atoms with Crippen molar-refractivity contribution in [2.45, 2.75) is 46.5 Å². The minimum absolute atomic E-state index is 0.00982. The summed E-state index contributed by atoms with van der Waals surface area (Å²) in [7, 11) is 0. The van der Waals surface area contributed by atoms with E-state index in [-0.39, 0.29) is 10.8 Å². The minimum atomic E-state index is 0.00982. The highest BCUT2D eigenvalue weighted by molar-refractivity contribution is 6.03. The van der Waals surface area contributed by atoms with Crippen molar-refractivity contribution in [2.24, 2.45) is 5.41 Å². The molecule has 1 nitrogen and oxygen atoms in total. The van der Waals surface area contributed by atoms with E-state index in [4.69, 9.17) is 5.73 Å². The van der Waals surface area contributed by atoms with Crippen LogP contribution in [0.5, 0.6) is 0 Å². The van der Waals surface area contributed by atoms with Crippen LogP contribution in [-0.4, -0.2) is 0 Å². The van der Waals surface area contributed by atoms with Gasteiger partial charge < -0.3 is 5.73 Å². The maximum atomic E-state index is 6.79. The van der Waals surface area contributed by atoms with Gasteiger partial charge in [-0.05, 0) is 45.2 Å². The fraction of sp³-hybridized carbons (Fsp3) is 0.333. The molecule has 0 aromatic heterocycles. The number of rotatable bonds is 3. The third kappa shape index (κ3) is 3.56. The predicted molar refractivity (Wildman–Crippen MR) is 111 cm³/mol. The van der Waals surface area contributed by atoms with Crippen LogP contribution in [0.3, 0.4) is 0 Å². The molecule has 0 saturated heterocycles. The van der Waals surface area contributed by atoms with E-state index < -0.39 is 0 Å². The molecule has 0 spiro atoms. The van der Waals surface area contributed by atoms with E-state index >= 15 is 0 Å².